The van der Waals surface area contributed by atoms with Crippen LogP contribution in [0, 0.1) is 12.7 Å². The summed E-state index contributed by atoms with van der Waals surface area (Å²) in [5.41, 5.74) is 3.19. The topological polar surface area (TPSA) is 106 Å². The minimum absolute atomic E-state index is 0.115. The van der Waals surface area contributed by atoms with Crippen LogP contribution in [0.3, 0.4) is 0 Å². The molecule has 2 rings (SSSR count). The highest BCUT2D eigenvalue weighted by molar-refractivity contribution is 6.02. The molecule has 0 bridgehead atoms. The quantitative estimate of drug-likeness (QED) is 0.559. The number of hydrogen-bond donors (Lipinski definition) is 3. The molecular formula is C11H11FN6O. The highest BCUT2D eigenvalue weighted by Crippen LogP contribution is 2.10. The van der Waals surface area contributed by atoms with Gasteiger partial charge >= 0.3 is 0 Å². The third-order valence-corrected chi connectivity index (χ3v) is 2.18. The highest BCUT2D eigenvalue weighted by Gasteiger charge is 2.11. The molecule has 98 valence electrons. The van der Waals surface area contributed by atoms with Crippen LogP contribution in [0.2, 0.25) is 0 Å². The molecule has 0 spiro atoms. The summed E-state index contributed by atoms with van der Waals surface area (Å²) in [6.07, 6.45) is 2.37. The predicted octanol–water partition coefficient (Wildman–Crippen LogP) is 0.857. The van der Waals surface area contributed by atoms with E-state index in [0.717, 1.165) is 12.3 Å². The minimum Gasteiger partial charge on any atom is -0.319 e. The van der Waals surface area contributed by atoms with E-state index in [-0.39, 0.29) is 17.3 Å². The summed E-state index contributed by atoms with van der Waals surface area (Å²) in [6.45, 7) is 1.70. The van der Waals surface area contributed by atoms with Gasteiger partial charge in [-0.2, -0.15) is 0 Å². The molecule has 0 saturated carbocycles. The van der Waals surface area contributed by atoms with E-state index in [4.69, 9.17) is 5.84 Å². The van der Waals surface area contributed by atoms with Crippen molar-refractivity contribution in [3.63, 3.8) is 0 Å². The number of amides is 1. The lowest BCUT2D eigenvalue weighted by atomic mass is 10.3. The number of carbonyl (C=O) groups is 1. The molecular weight excluding hydrogens is 251 g/mol. The Kier molecular flexibility index (Phi) is 3.62. The number of carbonyl (C=O) groups excluding carboxylic acids is 1. The zero-order chi connectivity index (χ0) is 13.8. The van der Waals surface area contributed by atoms with Gasteiger partial charge in [0.05, 0.1) is 18.1 Å². The van der Waals surface area contributed by atoms with Gasteiger partial charge in [-0.05, 0) is 13.0 Å². The first kappa shape index (κ1) is 12.8. The number of nitrogen functional groups attached to an aromatic ring is 1. The van der Waals surface area contributed by atoms with E-state index in [1.807, 2.05) is 0 Å². The highest BCUT2D eigenvalue weighted by atomic mass is 19.1. The number of nitrogens with two attached hydrogens (primary N) is 1. The first-order valence-electron chi connectivity index (χ1n) is 5.32. The van der Waals surface area contributed by atoms with Crippen LogP contribution in [0.15, 0.2) is 24.5 Å². The van der Waals surface area contributed by atoms with Crippen LogP contribution in [0.5, 0.6) is 0 Å². The molecule has 0 aliphatic carbocycles. The van der Waals surface area contributed by atoms with Crippen molar-refractivity contribution in [3.8, 4) is 0 Å². The molecule has 4 N–H and O–H groups in total. The normalized spacial score (nSPS) is 10.1. The van der Waals surface area contributed by atoms with Gasteiger partial charge in [0.1, 0.15) is 11.5 Å². The molecule has 0 atom stereocenters. The van der Waals surface area contributed by atoms with E-state index in [9.17, 15) is 9.18 Å². The van der Waals surface area contributed by atoms with Gasteiger partial charge in [0.2, 0.25) is 5.95 Å². The van der Waals surface area contributed by atoms with Crippen LogP contribution in [0.25, 0.3) is 0 Å². The van der Waals surface area contributed by atoms with E-state index in [1.165, 1.54) is 12.3 Å². The number of aromatic nitrogens is 3. The van der Waals surface area contributed by atoms with Gasteiger partial charge in [0.25, 0.3) is 5.91 Å². The van der Waals surface area contributed by atoms with Gasteiger partial charge in [-0.15, -0.1) is 0 Å². The maximum Gasteiger partial charge on any atom is 0.274 e. The number of halogens is 1. The first-order chi connectivity index (χ1) is 9.08. The number of anilines is 2. The third-order valence-electron chi connectivity index (χ3n) is 2.18. The Morgan fingerprint density at radius 1 is 1.32 bits per heavy atom. The predicted molar refractivity (Wildman–Crippen MR) is 66.7 cm³/mol. The molecule has 8 heteroatoms. The van der Waals surface area contributed by atoms with Crippen LogP contribution < -0.4 is 16.6 Å². The lowest BCUT2D eigenvalue weighted by molar-refractivity contribution is 0.102. The Bertz CT molecular complexity index is 618. The fourth-order valence-corrected chi connectivity index (χ4v) is 1.42. The molecule has 0 aliphatic heterocycles. The van der Waals surface area contributed by atoms with Gasteiger partial charge in [-0.25, -0.2) is 20.2 Å². The van der Waals surface area contributed by atoms with Gasteiger partial charge < -0.3 is 5.32 Å². The number of nitrogens with one attached hydrogen (secondary N) is 2. The largest absolute Gasteiger partial charge is 0.319 e. The van der Waals surface area contributed by atoms with E-state index >= 15 is 0 Å². The molecule has 0 saturated heterocycles. The maximum absolute atomic E-state index is 12.9. The number of aryl methyl sites for hydroxylation is 1. The van der Waals surface area contributed by atoms with E-state index in [2.05, 4.69) is 25.7 Å². The standard InChI is InChI=1S/C11H11FN6O/c1-6-2-9(17-11(15-6)18-13)10(19)16-8-3-7(12)4-14-5-8/h2-5H,13H2,1H3,(H,16,19)(H,15,17,18). The zero-order valence-corrected chi connectivity index (χ0v) is 10.0. The maximum atomic E-state index is 12.9. The molecule has 0 aromatic carbocycles. The minimum atomic E-state index is -0.541. The van der Waals surface area contributed by atoms with Crippen molar-refractivity contribution in [2.45, 2.75) is 6.92 Å². The average Bonchev–Trinajstić information content (AvgIpc) is 2.38. The van der Waals surface area contributed by atoms with Gasteiger partial charge in [0, 0.05) is 11.8 Å². The third kappa shape index (κ3) is 3.19. The molecule has 1 amide bonds. The smallest absolute Gasteiger partial charge is 0.274 e. The molecule has 0 fully saturated rings. The van der Waals surface area contributed by atoms with Crippen molar-refractivity contribution < 1.29 is 9.18 Å². The second kappa shape index (κ2) is 5.36. The molecule has 2 heterocycles. The summed E-state index contributed by atoms with van der Waals surface area (Å²) in [6, 6.07) is 2.64. The van der Waals surface area contributed by atoms with Crippen molar-refractivity contribution in [2.75, 3.05) is 10.7 Å². The molecule has 19 heavy (non-hydrogen) atoms. The van der Waals surface area contributed by atoms with Crippen molar-refractivity contribution in [1.29, 1.82) is 0 Å². The Morgan fingerprint density at radius 3 is 2.79 bits per heavy atom. The number of pyridine rings is 1. The van der Waals surface area contributed by atoms with Crippen molar-refractivity contribution >= 4 is 17.5 Å². The summed E-state index contributed by atoms with van der Waals surface area (Å²) < 4.78 is 12.9. The van der Waals surface area contributed by atoms with E-state index in [1.54, 1.807) is 6.92 Å². The Hall–Kier alpha value is -2.61. The molecule has 7 nitrogen and oxygen atoms in total. The molecule has 2 aromatic heterocycles. The lowest BCUT2D eigenvalue weighted by Crippen LogP contribution is -2.18. The van der Waals surface area contributed by atoms with Crippen LogP contribution in [-0.2, 0) is 0 Å². The first-order valence-corrected chi connectivity index (χ1v) is 5.32. The average molecular weight is 262 g/mol. The molecule has 0 unspecified atom stereocenters. The molecule has 0 aliphatic rings. The van der Waals surface area contributed by atoms with Gasteiger partial charge in [0.15, 0.2) is 0 Å². The molecule has 0 radical (unpaired) electrons. The number of hydrazine groups is 1. The SMILES string of the molecule is Cc1cc(C(=O)Nc2cncc(F)c2)nc(NN)n1. The van der Waals surface area contributed by atoms with E-state index < -0.39 is 11.7 Å². The van der Waals surface area contributed by atoms with Crippen LogP contribution in [0.1, 0.15) is 16.2 Å². The summed E-state index contributed by atoms with van der Waals surface area (Å²) >= 11 is 0. The number of nitrogens with zero attached hydrogens (tertiary/aromatic N) is 3. The summed E-state index contributed by atoms with van der Waals surface area (Å²) in [4.78, 5) is 23.4. The lowest BCUT2D eigenvalue weighted by Gasteiger charge is -2.06. The van der Waals surface area contributed by atoms with Crippen LogP contribution in [-0.4, -0.2) is 20.9 Å². The Labute approximate surface area is 108 Å². The second-order valence-corrected chi connectivity index (χ2v) is 3.71. The summed E-state index contributed by atoms with van der Waals surface area (Å²) in [5, 5.41) is 2.48. The van der Waals surface area contributed by atoms with Crippen LogP contribution in [0.4, 0.5) is 16.0 Å². The van der Waals surface area contributed by atoms with Gasteiger partial charge in [-0.1, -0.05) is 0 Å². The summed E-state index contributed by atoms with van der Waals surface area (Å²) in [7, 11) is 0. The summed E-state index contributed by atoms with van der Waals surface area (Å²) in [5.74, 6) is 4.28. The van der Waals surface area contributed by atoms with Crippen molar-refractivity contribution in [2.24, 2.45) is 5.84 Å². The number of hydrogen-bond acceptors (Lipinski definition) is 6. The van der Waals surface area contributed by atoms with Gasteiger partial charge in [-0.3, -0.25) is 15.2 Å². The molecule has 2 aromatic rings. The zero-order valence-electron chi connectivity index (χ0n) is 10.0. The monoisotopic (exact) mass is 262 g/mol. The fourth-order valence-electron chi connectivity index (χ4n) is 1.42. The van der Waals surface area contributed by atoms with Crippen LogP contribution >= 0.6 is 0 Å². The second-order valence-electron chi connectivity index (χ2n) is 3.71. The van der Waals surface area contributed by atoms with Crippen molar-refractivity contribution in [3.05, 3.63) is 41.7 Å². The fraction of sp³-hybridized carbons (Fsp3) is 0.0909. The van der Waals surface area contributed by atoms with E-state index in [0.29, 0.717) is 5.69 Å². The van der Waals surface area contributed by atoms with Crippen molar-refractivity contribution in [1.82, 2.24) is 15.0 Å². The Morgan fingerprint density at radius 2 is 2.11 bits per heavy atom. The number of rotatable bonds is 3. The Balaban J connectivity index is 2.22.